The van der Waals surface area contributed by atoms with Crippen molar-refractivity contribution in [1.29, 1.82) is 0 Å². The fraction of sp³-hybridized carbons (Fsp3) is 0.722. The van der Waals surface area contributed by atoms with Crippen LogP contribution in [0.5, 0.6) is 0 Å². The molecule has 24 heavy (non-hydrogen) atoms. The van der Waals surface area contributed by atoms with E-state index in [4.69, 9.17) is 9.72 Å². The molecule has 1 aromatic rings. The number of carbonyl (C=O) groups excluding carboxylic acids is 1. The van der Waals surface area contributed by atoms with Gasteiger partial charge in [-0.3, -0.25) is 4.90 Å². The van der Waals surface area contributed by atoms with Crippen molar-refractivity contribution in [3.05, 3.63) is 23.3 Å². The zero-order chi connectivity index (χ0) is 17.2. The summed E-state index contributed by atoms with van der Waals surface area (Å²) in [5.41, 5.74) is 1.65. The number of piperidine rings is 1. The number of likely N-dealkylation sites (tertiary alicyclic amines) is 1. The van der Waals surface area contributed by atoms with E-state index in [9.17, 15) is 4.79 Å². The second-order valence-electron chi connectivity index (χ2n) is 7.75. The number of hydrogen-bond donors (Lipinski definition) is 0. The lowest BCUT2D eigenvalue weighted by Gasteiger charge is -2.31. The molecular weight excluding hydrogens is 304 g/mol. The summed E-state index contributed by atoms with van der Waals surface area (Å²) in [6.45, 7) is 9.98. The monoisotopic (exact) mass is 332 g/mol. The summed E-state index contributed by atoms with van der Waals surface area (Å²) in [6.07, 6.45) is 6.28. The van der Waals surface area contributed by atoms with Crippen molar-refractivity contribution in [2.45, 2.75) is 65.1 Å². The van der Waals surface area contributed by atoms with Gasteiger partial charge in [-0.15, -0.1) is 0 Å². The van der Waals surface area contributed by atoms with Crippen molar-refractivity contribution in [3.8, 4) is 0 Å². The van der Waals surface area contributed by atoms with Gasteiger partial charge >= 0.3 is 6.09 Å². The Morgan fingerprint density at radius 1 is 1.21 bits per heavy atom. The highest BCUT2D eigenvalue weighted by Crippen LogP contribution is 2.20. The zero-order valence-electron chi connectivity index (χ0n) is 15.0. The molecule has 0 spiro atoms. The van der Waals surface area contributed by atoms with Crippen LogP contribution >= 0.6 is 0 Å². The Hall–Kier alpha value is -1.69. The normalized spacial score (nSPS) is 19.0. The smallest absolute Gasteiger partial charge is 0.410 e. The Labute approximate surface area is 144 Å². The third kappa shape index (κ3) is 4.44. The summed E-state index contributed by atoms with van der Waals surface area (Å²) in [5, 5.41) is 0. The third-order valence-electron chi connectivity index (χ3n) is 4.45. The van der Waals surface area contributed by atoms with Gasteiger partial charge in [-0.25, -0.2) is 14.8 Å². The number of amides is 1. The first-order valence-corrected chi connectivity index (χ1v) is 8.95. The third-order valence-corrected chi connectivity index (χ3v) is 4.45. The number of aromatic nitrogens is 2. The lowest BCUT2D eigenvalue weighted by molar-refractivity contribution is 0.0222. The maximum Gasteiger partial charge on any atom is 0.410 e. The molecule has 1 aromatic heterocycles. The molecule has 132 valence electrons. The number of nitrogens with zero attached hydrogens (tertiary/aromatic N) is 4. The van der Waals surface area contributed by atoms with E-state index in [1.54, 1.807) is 4.90 Å². The van der Waals surface area contributed by atoms with Gasteiger partial charge in [0.15, 0.2) is 0 Å². The predicted molar refractivity (Wildman–Crippen MR) is 91.5 cm³/mol. The molecule has 1 fully saturated rings. The number of ether oxygens (including phenoxy) is 1. The Balaban J connectivity index is 1.62. The Morgan fingerprint density at radius 2 is 1.96 bits per heavy atom. The van der Waals surface area contributed by atoms with Crippen molar-refractivity contribution in [1.82, 2.24) is 19.8 Å². The molecule has 0 unspecified atom stereocenters. The molecule has 3 rings (SSSR count). The molecular formula is C18H28N4O2. The summed E-state index contributed by atoms with van der Waals surface area (Å²) >= 11 is 0. The fourth-order valence-electron chi connectivity index (χ4n) is 3.23. The molecule has 6 nitrogen and oxygen atoms in total. The molecule has 0 radical (unpaired) electrons. The van der Waals surface area contributed by atoms with E-state index in [-0.39, 0.29) is 6.09 Å². The quantitative estimate of drug-likeness (QED) is 0.833. The minimum Gasteiger partial charge on any atom is -0.444 e. The highest BCUT2D eigenvalue weighted by molar-refractivity contribution is 5.68. The summed E-state index contributed by atoms with van der Waals surface area (Å²) in [6, 6.07) is 0. The first kappa shape index (κ1) is 17.1. The van der Waals surface area contributed by atoms with Crippen LogP contribution in [-0.4, -0.2) is 51.1 Å². The van der Waals surface area contributed by atoms with Gasteiger partial charge in [0.05, 0.1) is 18.8 Å². The molecule has 0 atom stereocenters. The average Bonchev–Trinajstić information content (AvgIpc) is 2.53. The fourth-order valence-corrected chi connectivity index (χ4v) is 3.23. The van der Waals surface area contributed by atoms with E-state index in [1.165, 1.54) is 19.3 Å². The largest absolute Gasteiger partial charge is 0.444 e. The highest BCUT2D eigenvalue weighted by atomic mass is 16.6. The van der Waals surface area contributed by atoms with E-state index < -0.39 is 5.60 Å². The van der Waals surface area contributed by atoms with Crippen molar-refractivity contribution in [3.63, 3.8) is 0 Å². The van der Waals surface area contributed by atoms with Gasteiger partial charge in [0.25, 0.3) is 0 Å². The van der Waals surface area contributed by atoms with Gasteiger partial charge < -0.3 is 9.64 Å². The number of fused-ring (bicyclic) bond motifs is 1. The molecule has 1 amide bonds. The minimum absolute atomic E-state index is 0.259. The summed E-state index contributed by atoms with van der Waals surface area (Å²) < 4.78 is 5.46. The molecule has 6 heteroatoms. The van der Waals surface area contributed by atoms with Crippen LogP contribution in [0.15, 0.2) is 6.20 Å². The first-order valence-electron chi connectivity index (χ1n) is 8.95. The minimum atomic E-state index is -0.466. The van der Waals surface area contributed by atoms with Gasteiger partial charge in [-0.2, -0.15) is 0 Å². The number of carbonyl (C=O) groups is 1. The lowest BCUT2D eigenvalue weighted by Crippen LogP contribution is -2.40. The summed E-state index contributed by atoms with van der Waals surface area (Å²) in [7, 11) is 0. The van der Waals surface area contributed by atoms with Crippen LogP contribution in [0, 0.1) is 0 Å². The predicted octanol–water partition coefficient (Wildman–Crippen LogP) is 2.76. The Bertz CT molecular complexity index is 591. The maximum atomic E-state index is 12.2. The van der Waals surface area contributed by atoms with Crippen molar-refractivity contribution in [2.75, 3.05) is 19.6 Å². The van der Waals surface area contributed by atoms with Crippen LogP contribution in [0.1, 0.15) is 57.1 Å². The number of hydrogen-bond acceptors (Lipinski definition) is 5. The van der Waals surface area contributed by atoms with Gasteiger partial charge in [0.2, 0.25) is 0 Å². The van der Waals surface area contributed by atoms with Crippen LogP contribution in [0.2, 0.25) is 0 Å². The van der Waals surface area contributed by atoms with Crippen LogP contribution in [-0.2, 0) is 24.2 Å². The average molecular weight is 332 g/mol. The van der Waals surface area contributed by atoms with Crippen LogP contribution in [0.4, 0.5) is 4.79 Å². The molecule has 0 aliphatic carbocycles. The van der Waals surface area contributed by atoms with Crippen LogP contribution < -0.4 is 0 Å². The molecule has 0 saturated carbocycles. The van der Waals surface area contributed by atoms with E-state index in [2.05, 4.69) is 9.88 Å². The van der Waals surface area contributed by atoms with E-state index in [1.807, 2.05) is 27.0 Å². The van der Waals surface area contributed by atoms with Crippen LogP contribution in [0.25, 0.3) is 0 Å². The van der Waals surface area contributed by atoms with E-state index >= 15 is 0 Å². The standard InChI is InChI=1S/C18H28N4O2/c1-18(2,3)24-17(23)22-10-7-15-14(12-22)11-19-16(20-15)13-21-8-5-4-6-9-21/h11H,4-10,12-13H2,1-3H3. The summed E-state index contributed by atoms with van der Waals surface area (Å²) in [4.78, 5) is 25.6. The summed E-state index contributed by atoms with van der Waals surface area (Å²) in [5.74, 6) is 0.904. The molecule has 0 N–H and O–H groups in total. The van der Waals surface area contributed by atoms with Crippen molar-refractivity contribution in [2.24, 2.45) is 0 Å². The Morgan fingerprint density at radius 3 is 2.67 bits per heavy atom. The molecule has 1 saturated heterocycles. The molecule has 2 aliphatic rings. The maximum absolute atomic E-state index is 12.2. The Kier molecular flexibility index (Phi) is 5.04. The highest BCUT2D eigenvalue weighted by Gasteiger charge is 2.26. The van der Waals surface area contributed by atoms with Crippen LogP contribution in [0.3, 0.4) is 0 Å². The van der Waals surface area contributed by atoms with Gasteiger partial charge in [0.1, 0.15) is 11.4 Å². The van der Waals surface area contributed by atoms with Crippen molar-refractivity contribution >= 4 is 6.09 Å². The molecule has 0 aromatic carbocycles. The van der Waals surface area contributed by atoms with Gasteiger partial charge in [-0.05, 0) is 46.7 Å². The topological polar surface area (TPSA) is 58.6 Å². The van der Waals surface area contributed by atoms with Gasteiger partial charge in [0, 0.05) is 24.7 Å². The SMILES string of the molecule is CC(C)(C)OC(=O)N1CCc2nc(CN3CCCCC3)ncc2C1. The van der Waals surface area contributed by atoms with E-state index in [0.717, 1.165) is 43.1 Å². The van der Waals surface area contributed by atoms with E-state index in [0.29, 0.717) is 13.1 Å². The molecule has 0 bridgehead atoms. The second kappa shape index (κ2) is 7.05. The first-order chi connectivity index (χ1) is 11.4. The van der Waals surface area contributed by atoms with Crippen molar-refractivity contribution < 1.29 is 9.53 Å². The zero-order valence-corrected chi connectivity index (χ0v) is 15.0. The molecule has 3 heterocycles. The van der Waals surface area contributed by atoms with Gasteiger partial charge in [-0.1, -0.05) is 6.42 Å². The molecule has 2 aliphatic heterocycles. The number of rotatable bonds is 2. The lowest BCUT2D eigenvalue weighted by atomic mass is 10.1. The second-order valence-corrected chi connectivity index (χ2v) is 7.75.